The number of benzene rings is 3. The molecule has 245 valence electrons. The van der Waals surface area contributed by atoms with Crippen LogP contribution in [0.1, 0.15) is 57.6 Å². The molecule has 0 spiro atoms. The van der Waals surface area contributed by atoms with Crippen molar-refractivity contribution in [3.63, 3.8) is 0 Å². The first kappa shape index (κ1) is 33.4. The zero-order valence-electron chi connectivity index (χ0n) is 27.4. The van der Waals surface area contributed by atoms with Crippen molar-refractivity contribution in [3.05, 3.63) is 178 Å². The Morgan fingerprint density at radius 3 is 1.82 bits per heavy atom. The Hall–Kier alpha value is -5.11. The van der Waals surface area contributed by atoms with Crippen LogP contribution in [-0.4, -0.2) is 24.8 Å². The number of allylic oxidation sites excluding steroid dienone is 5. The average Bonchev–Trinajstić information content (AvgIpc) is 3.92. The van der Waals surface area contributed by atoms with E-state index in [-0.39, 0.29) is 28.4 Å². The second kappa shape index (κ2) is 14.4. The van der Waals surface area contributed by atoms with Crippen LogP contribution < -0.4 is 15.9 Å². The van der Waals surface area contributed by atoms with Crippen LogP contribution in [0.3, 0.4) is 0 Å². The minimum atomic E-state index is -2.58. The van der Waals surface area contributed by atoms with E-state index in [1.165, 1.54) is 0 Å². The van der Waals surface area contributed by atoms with Gasteiger partial charge in [-0.15, -0.1) is 0 Å². The van der Waals surface area contributed by atoms with Crippen LogP contribution >= 0.6 is 7.26 Å². The molecule has 50 heavy (non-hydrogen) atoms. The number of ether oxygens (including phenoxy) is 1. The van der Waals surface area contributed by atoms with Crippen molar-refractivity contribution in [2.75, 3.05) is 13.2 Å². The Balaban J connectivity index is 1.48. The molecular formula is C43H31O5OsP+. The maximum absolute atomic E-state index is 13.5. The minimum absolute atomic E-state index is 0.0166. The molecule has 2 aromatic heterocycles. The molecule has 7 rings (SSSR count). The van der Waals surface area contributed by atoms with Gasteiger partial charge in [-0.2, -0.15) is 0 Å². The summed E-state index contributed by atoms with van der Waals surface area (Å²) < 4.78 is 21.3. The summed E-state index contributed by atoms with van der Waals surface area (Å²) in [6, 6.07) is 34.8. The Morgan fingerprint density at radius 2 is 1.28 bits per heavy atom. The number of furan rings is 2. The second-order valence-corrected chi connectivity index (χ2v) is 15.6. The summed E-state index contributed by atoms with van der Waals surface area (Å²) in [6.45, 7) is 4.82. The van der Waals surface area contributed by atoms with Crippen LogP contribution in [0.4, 0.5) is 0 Å². The van der Waals surface area contributed by atoms with Gasteiger partial charge in [0.05, 0.1) is 0 Å². The quantitative estimate of drug-likeness (QED) is 0.127. The summed E-state index contributed by atoms with van der Waals surface area (Å²) in [4.78, 5) is 26.9. The van der Waals surface area contributed by atoms with Crippen molar-refractivity contribution in [3.8, 4) is 16.2 Å². The molecule has 0 saturated carbocycles. The molecule has 1 saturated heterocycles. The fourth-order valence-electron chi connectivity index (χ4n) is 6.43. The number of carbonyl (C=O) groups excluding carboxylic acids is 2. The van der Waals surface area contributed by atoms with E-state index in [0.717, 1.165) is 37.9 Å². The molecule has 0 N–H and O–H groups in total. The fraction of sp³-hybridized carbons (Fsp3) is 0.0930. The number of rotatable bonds is 6. The predicted molar refractivity (Wildman–Crippen MR) is 195 cm³/mol. The standard InChI is InChI=1S/C43H31O5P.Os/c1-4-15-33-25-38-40(44)43-39(41(45)42(38)47-33)26-34(48-43)23-22-31(24-32-28-46-27-30(32)5-2)29(3)49(35-16-9-6-10-17-35,36-18-11-7-12-19-36)37-20-13-8-14-21-37;/h4-21,24-26H,27-28H2,1-2H3;/q+1;/b15-4+,30-5?,31-29?,32-24?;. The maximum atomic E-state index is 13.5. The van der Waals surface area contributed by atoms with E-state index in [9.17, 15) is 9.59 Å². The summed E-state index contributed by atoms with van der Waals surface area (Å²) in [7, 11) is -2.58. The number of ketones is 2. The molecule has 0 bridgehead atoms. The van der Waals surface area contributed by atoms with E-state index in [4.69, 9.17) is 13.6 Å². The summed E-state index contributed by atoms with van der Waals surface area (Å²) in [5.74, 6) is 6.47. The molecule has 0 atom stereocenters. The Bertz CT molecular complexity index is 2210. The molecule has 3 aromatic carbocycles. The topological polar surface area (TPSA) is 69.7 Å². The van der Waals surface area contributed by atoms with Crippen LogP contribution in [0.15, 0.2) is 152 Å². The molecule has 5 aromatic rings. The first-order valence-corrected chi connectivity index (χ1v) is 19.2. The average molecular weight is 849 g/mol. The SMILES string of the molecule is CC=C1COCC1=CC(C#Cc1cc2c(o1)C(=O)c1cc(/C=C/C)oc1C2=O)=C([C]#[Os])[P+](c1ccccc1)(c1ccccc1)c1ccccc1. The molecule has 5 nitrogen and oxygen atoms in total. The summed E-state index contributed by atoms with van der Waals surface area (Å²) in [6.07, 6.45) is 7.66. The van der Waals surface area contributed by atoms with Crippen LogP contribution in [0.2, 0.25) is 0 Å². The van der Waals surface area contributed by atoms with Crippen LogP contribution in [0.5, 0.6) is 0 Å². The van der Waals surface area contributed by atoms with Crippen LogP contribution in [0, 0.1) is 16.2 Å². The Labute approximate surface area is 301 Å². The molecule has 0 unspecified atom stereocenters. The summed E-state index contributed by atoms with van der Waals surface area (Å²) >= 11 is 1.68. The van der Waals surface area contributed by atoms with Gasteiger partial charge in [0.2, 0.25) is 0 Å². The van der Waals surface area contributed by atoms with Crippen molar-refractivity contribution >= 4 is 40.8 Å². The van der Waals surface area contributed by atoms with E-state index < -0.39 is 18.8 Å². The van der Waals surface area contributed by atoms with Crippen LogP contribution in [0.25, 0.3) is 6.08 Å². The second-order valence-electron chi connectivity index (χ2n) is 11.7. The molecule has 1 aliphatic heterocycles. The molecule has 0 amide bonds. The van der Waals surface area contributed by atoms with Gasteiger partial charge in [0.25, 0.3) is 0 Å². The van der Waals surface area contributed by atoms with E-state index in [1.54, 1.807) is 42.2 Å². The van der Waals surface area contributed by atoms with Gasteiger partial charge in [0, 0.05) is 0 Å². The fourth-order valence-corrected chi connectivity index (χ4v) is 12.2. The van der Waals surface area contributed by atoms with Crippen LogP contribution in [-0.2, 0) is 22.7 Å². The zero-order valence-corrected chi connectivity index (χ0v) is 30.8. The molecule has 1 aliphatic carbocycles. The molecule has 3 heterocycles. The van der Waals surface area contributed by atoms with E-state index in [2.05, 4.69) is 101 Å². The number of hydrogen-bond donors (Lipinski definition) is 0. The van der Waals surface area contributed by atoms with Gasteiger partial charge in [0.15, 0.2) is 0 Å². The van der Waals surface area contributed by atoms with Gasteiger partial charge in [-0.1, -0.05) is 6.08 Å². The van der Waals surface area contributed by atoms with Crippen molar-refractivity contribution in [1.29, 1.82) is 0 Å². The van der Waals surface area contributed by atoms with E-state index in [0.29, 0.717) is 19.0 Å². The van der Waals surface area contributed by atoms with Crippen molar-refractivity contribution in [2.24, 2.45) is 0 Å². The van der Waals surface area contributed by atoms with E-state index >= 15 is 0 Å². The third-order valence-electron chi connectivity index (χ3n) is 8.74. The summed E-state index contributed by atoms with van der Waals surface area (Å²) in [5, 5.41) is 4.44. The van der Waals surface area contributed by atoms with Gasteiger partial charge in [0.1, 0.15) is 0 Å². The Morgan fingerprint density at radius 1 is 0.740 bits per heavy atom. The third-order valence-corrected chi connectivity index (χ3v) is 14.1. The van der Waals surface area contributed by atoms with Gasteiger partial charge >= 0.3 is 284 Å². The molecule has 2 aliphatic rings. The molecule has 7 heteroatoms. The van der Waals surface area contributed by atoms with Gasteiger partial charge in [-0.05, 0) is 13.0 Å². The first-order chi connectivity index (χ1) is 24.5. The normalized spacial score (nSPS) is 16.2. The van der Waals surface area contributed by atoms with Crippen molar-refractivity contribution < 1.29 is 41.1 Å². The van der Waals surface area contributed by atoms with Gasteiger partial charge in [-0.3, -0.25) is 0 Å². The number of fused-ring (bicyclic) bond motifs is 2. The third kappa shape index (κ3) is 5.90. The summed E-state index contributed by atoms with van der Waals surface area (Å²) in [5.41, 5.74) is 3.22. The first-order valence-electron chi connectivity index (χ1n) is 16.1. The molecule has 1 fully saturated rings. The Kier molecular flexibility index (Phi) is 9.61. The molecule has 0 radical (unpaired) electrons. The number of carbonyl (C=O) groups is 2. The monoisotopic (exact) mass is 850 g/mol. The number of hydrogen-bond acceptors (Lipinski definition) is 5. The zero-order chi connectivity index (χ0) is 34.7. The van der Waals surface area contributed by atoms with Crippen molar-refractivity contribution in [1.82, 2.24) is 0 Å². The van der Waals surface area contributed by atoms with E-state index in [1.807, 2.05) is 32.0 Å². The van der Waals surface area contributed by atoms with Gasteiger partial charge < -0.3 is 0 Å². The van der Waals surface area contributed by atoms with Gasteiger partial charge in [-0.25, -0.2) is 0 Å². The van der Waals surface area contributed by atoms with Crippen molar-refractivity contribution in [2.45, 2.75) is 13.8 Å². The predicted octanol–water partition coefficient (Wildman–Crippen LogP) is 7.69. The molecular weight excluding hydrogens is 818 g/mol.